The van der Waals surface area contributed by atoms with Gasteiger partial charge in [0.2, 0.25) is 0 Å². The van der Waals surface area contributed by atoms with Gasteiger partial charge < -0.3 is 0 Å². The molecule has 0 saturated heterocycles. The van der Waals surface area contributed by atoms with Crippen molar-refractivity contribution in [2.45, 2.75) is 0 Å². The normalized spacial score (nSPS) is 9.11. The number of aromatic nitrogens is 2. The van der Waals surface area contributed by atoms with Crippen molar-refractivity contribution in [1.82, 2.24) is 9.97 Å². The zero-order valence-corrected chi connectivity index (χ0v) is 7.81. The summed E-state index contributed by atoms with van der Waals surface area (Å²) in [5.41, 5.74) is 0. The third kappa shape index (κ3) is 1.54. The van der Waals surface area contributed by atoms with Crippen LogP contribution in [0.4, 0.5) is 0 Å². The first-order valence-corrected chi connectivity index (χ1v) is 3.84. The molecule has 0 aromatic carbocycles. The second-order valence-corrected chi connectivity index (χ2v) is 2.77. The van der Waals surface area contributed by atoms with Gasteiger partial charge in [-0.3, -0.25) is 0 Å². The maximum absolute atomic E-state index is 4.89. The van der Waals surface area contributed by atoms with E-state index < -0.39 is 0 Å². The van der Waals surface area contributed by atoms with Crippen LogP contribution in [0.25, 0.3) is 0 Å². The van der Waals surface area contributed by atoms with Crippen LogP contribution in [0.5, 0.6) is 5.88 Å². The standard InChI is InChI=1S/C5H5N2O.Sn/c1-8-5-4-6-2-3-7-5;/h2-3H,1H3;. The van der Waals surface area contributed by atoms with Crippen molar-refractivity contribution in [3.63, 3.8) is 0 Å². The predicted molar refractivity (Wildman–Crippen MR) is 34.0 cm³/mol. The number of nitrogens with zero attached hydrogens (tertiary/aromatic N) is 2. The Morgan fingerprint density at radius 1 is 1.44 bits per heavy atom. The van der Waals surface area contributed by atoms with E-state index in [1.165, 1.54) is 22.5 Å². The van der Waals surface area contributed by atoms with Gasteiger partial charge in [-0.2, -0.15) is 0 Å². The fourth-order valence-corrected chi connectivity index (χ4v) is 1.16. The minimum absolute atomic E-state index is 0.635. The summed E-state index contributed by atoms with van der Waals surface area (Å²) < 4.78 is 5.80. The summed E-state index contributed by atoms with van der Waals surface area (Å²) in [5, 5.41) is 0. The molecule has 1 rings (SSSR count). The van der Waals surface area contributed by atoms with E-state index in [0.29, 0.717) is 5.88 Å². The molecule has 3 nitrogen and oxygen atoms in total. The number of hydrogen-bond donors (Lipinski definition) is 0. The van der Waals surface area contributed by atoms with Gasteiger partial charge in [-0.15, -0.1) is 0 Å². The number of rotatable bonds is 1. The van der Waals surface area contributed by atoms with E-state index >= 15 is 0 Å². The average molecular weight is 228 g/mol. The molecule has 45 valence electrons. The van der Waals surface area contributed by atoms with Crippen molar-refractivity contribution < 1.29 is 4.74 Å². The Bertz CT molecular complexity index is 204. The first kappa shape index (κ1) is 6.79. The molecule has 1 aromatic rings. The summed E-state index contributed by atoms with van der Waals surface area (Å²) in [6.07, 6.45) is 3.28. The van der Waals surface area contributed by atoms with Gasteiger partial charge in [0, 0.05) is 0 Å². The van der Waals surface area contributed by atoms with Gasteiger partial charge in [-0.25, -0.2) is 0 Å². The molecule has 1 aromatic heterocycles. The second-order valence-electron chi connectivity index (χ2n) is 1.41. The molecular formula is C5H5N2OSn. The molecule has 0 amide bonds. The van der Waals surface area contributed by atoms with Gasteiger partial charge >= 0.3 is 66.3 Å². The van der Waals surface area contributed by atoms with E-state index in [1.54, 1.807) is 19.5 Å². The van der Waals surface area contributed by atoms with Crippen LogP contribution in [0.1, 0.15) is 0 Å². The quantitative estimate of drug-likeness (QED) is 0.594. The molecule has 0 saturated carbocycles. The first-order chi connectivity index (χ1) is 4.34. The van der Waals surface area contributed by atoms with E-state index in [2.05, 4.69) is 9.97 Å². The molecule has 0 fully saturated rings. The zero-order chi connectivity index (χ0) is 6.69. The predicted octanol–water partition coefficient (Wildman–Crippen LogP) is -0.721. The van der Waals surface area contributed by atoms with Crippen molar-refractivity contribution >= 4 is 26.2 Å². The maximum atomic E-state index is 4.89. The summed E-state index contributed by atoms with van der Waals surface area (Å²) in [6, 6.07) is 0. The first-order valence-electron chi connectivity index (χ1n) is 2.41. The fraction of sp³-hybridized carbons (Fsp3) is 0.200. The van der Waals surface area contributed by atoms with Gasteiger partial charge in [0.1, 0.15) is 0 Å². The molecule has 0 unspecified atom stereocenters. The minimum atomic E-state index is 0.635. The van der Waals surface area contributed by atoms with E-state index in [9.17, 15) is 0 Å². The van der Waals surface area contributed by atoms with Gasteiger partial charge in [0.25, 0.3) is 0 Å². The summed E-state index contributed by atoms with van der Waals surface area (Å²) in [5.74, 6) is 0.635. The molecule has 0 aliphatic heterocycles. The van der Waals surface area contributed by atoms with Gasteiger partial charge in [-0.05, 0) is 0 Å². The van der Waals surface area contributed by atoms with Crippen molar-refractivity contribution in [3.8, 4) is 5.88 Å². The summed E-state index contributed by atoms with van der Waals surface area (Å²) in [6.45, 7) is 0. The Kier molecular flexibility index (Phi) is 2.27. The molecule has 0 atom stereocenters. The van der Waals surface area contributed by atoms with Gasteiger partial charge in [-0.1, -0.05) is 0 Å². The monoisotopic (exact) mass is 229 g/mol. The molecule has 3 radical (unpaired) electrons. The Labute approximate surface area is 66.6 Å². The van der Waals surface area contributed by atoms with Crippen LogP contribution in [-0.2, 0) is 0 Å². The van der Waals surface area contributed by atoms with Gasteiger partial charge in [0.15, 0.2) is 0 Å². The Morgan fingerprint density at radius 3 is 2.56 bits per heavy atom. The van der Waals surface area contributed by atoms with Crippen LogP contribution < -0.4 is 8.45 Å². The van der Waals surface area contributed by atoms with E-state index in [-0.39, 0.29) is 0 Å². The Morgan fingerprint density at radius 2 is 2.11 bits per heavy atom. The van der Waals surface area contributed by atoms with Crippen molar-refractivity contribution in [2.24, 2.45) is 0 Å². The molecule has 0 aliphatic rings. The average Bonchev–Trinajstić information content (AvgIpc) is 1.89. The molecule has 1 heterocycles. The van der Waals surface area contributed by atoms with E-state index in [4.69, 9.17) is 4.74 Å². The number of ether oxygens (including phenoxy) is 1. The number of hydrogen-bond acceptors (Lipinski definition) is 3. The third-order valence-corrected chi connectivity index (χ3v) is 1.84. The molecular weight excluding hydrogens is 223 g/mol. The summed E-state index contributed by atoms with van der Waals surface area (Å²) in [7, 11) is 1.59. The molecule has 9 heavy (non-hydrogen) atoms. The van der Waals surface area contributed by atoms with Crippen LogP contribution in [0.15, 0.2) is 12.4 Å². The van der Waals surface area contributed by atoms with E-state index in [0.717, 1.165) is 3.71 Å². The summed E-state index contributed by atoms with van der Waals surface area (Å²) in [4.78, 5) is 7.94. The molecule has 0 bridgehead atoms. The number of methoxy groups -OCH3 is 1. The Hall–Kier alpha value is -0.321. The third-order valence-electron chi connectivity index (χ3n) is 0.858. The van der Waals surface area contributed by atoms with E-state index in [1.807, 2.05) is 0 Å². The van der Waals surface area contributed by atoms with Crippen LogP contribution in [0.2, 0.25) is 0 Å². The van der Waals surface area contributed by atoms with Crippen molar-refractivity contribution in [3.05, 3.63) is 12.4 Å². The van der Waals surface area contributed by atoms with Crippen LogP contribution in [0, 0.1) is 0 Å². The van der Waals surface area contributed by atoms with Crippen molar-refractivity contribution in [1.29, 1.82) is 0 Å². The van der Waals surface area contributed by atoms with Crippen LogP contribution in [0.3, 0.4) is 0 Å². The van der Waals surface area contributed by atoms with Crippen LogP contribution >= 0.6 is 0 Å². The molecule has 0 aliphatic carbocycles. The molecule has 0 spiro atoms. The topological polar surface area (TPSA) is 35.0 Å². The SMILES string of the molecule is COc1nccn[c]1[Sn]. The molecule has 0 N–H and O–H groups in total. The van der Waals surface area contributed by atoms with Crippen LogP contribution in [-0.4, -0.2) is 39.6 Å². The van der Waals surface area contributed by atoms with Crippen molar-refractivity contribution in [2.75, 3.05) is 7.11 Å². The second kappa shape index (κ2) is 3.00. The summed E-state index contributed by atoms with van der Waals surface area (Å²) >= 11 is 1.23. The molecule has 4 heteroatoms. The zero-order valence-electron chi connectivity index (χ0n) is 4.96. The Balaban J connectivity index is 3.01. The van der Waals surface area contributed by atoms with Gasteiger partial charge in [0.05, 0.1) is 0 Å². The fourth-order valence-electron chi connectivity index (χ4n) is 0.475.